The third kappa shape index (κ3) is 4.67. The number of nitrogens with two attached hydrogens (primary N) is 1. The molecular formula is C25H34ClN3O. The molecule has 2 saturated heterocycles. The van der Waals surface area contributed by atoms with Crippen molar-refractivity contribution in [3.05, 3.63) is 63.7 Å². The molecule has 0 spiro atoms. The van der Waals surface area contributed by atoms with Crippen molar-refractivity contribution < 1.29 is 4.74 Å². The number of piperazine rings is 1. The van der Waals surface area contributed by atoms with Gasteiger partial charge >= 0.3 is 0 Å². The predicted molar refractivity (Wildman–Crippen MR) is 124 cm³/mol. The summed E-state index contributed by atoms with van der Waals surface area (Å²) in [4.78, 5) is 5.37. The average molecular weight is 428 g/mol. The van der Waals surface area contributed by atoms with Crippen LogP contribution in [-0.4, -0.2) is 48.6 Å². The van der Waals surface area contributed by atoms with Gasteiger partial charge in [-0.15, -0.1) is 0 Å². The number of benzene rings is 2. The molecule has 0 aromatic heterocycles. The van der Waals surface area contributed by atoms with Gasteiger partial charge in [-0.25, -0.2) is 0 Å². The van der Waals surface area contributed by atoms with E-state index >= 15 is 0 Å². The van der Waals surface area contributed by atoms with Crippen molar-refractivity contribution >= 4 is 11.6 Å². The summed E-state index contributed by atoms with van der Waals surface area (Å²) in [5.41, 5.74) is 11.1. The molecule has 2 fully saturated rings. The highest BCUT2D eigenvalue weighted by Crippen LogP contribution is 2.39. The van der Waals surface area contributed by atoms with E-state index < -0.39 is 0 Å². The molecule has 2 atom stereocenters. The van der Waals surface area contributed by atoms with Crippen molar-refractivity contribution in [2.24, 2.45) is 5.73 Å². The Bertz CT molecular complexity index is 854. The molecule has 2 aliphatic heterocycles. The SMILES string of the molecule is Cc1c(OCCN)ccc(C2CCCC3CN(Cc4ccc(Cl)cc4)CCN32)c1C. The fraction of sp³-hybridized carbons (Fsp3) is 0.520. The van der Waals surface area contributed by atoms with E-state index in [0.717, 1.165) is 37.0 Å². The van der Waals surface area contributed by atoms with Gasteiger partial charge in [0.2, 0.25) is 0 Å². The maximum absolute atomic E-state index is 6.04. The van der Waals surface area contributed by atoms with Crippen molar-refractivity contribution in [1.29, 1.82) is 0 Å². The van der Waals surface area contributed by atoms with Crippen LogP contribution in [-0.2, 0) is 6.54 Å². The second kappa shape index (κ2) is 9.69. The van der Waals surface area contributed by atoms with E-state index in [0.29, 0.717) is 25.2 Å². The zero-order valence-corrected chi connectivity index (χ0v) is 19.0. The Balaban J connectivity index is 1.46. The molecule has 5 heteroatoms. The topological polar surface area (TPSA) is 41.7 Å². The van der Waals surface area contributed by atoms with Gasteiger partial charge in [-0.05, 0) is 73.6 Å². The van der Waals surface area contributed by atoms with E-state index in [1.165, 1.54) is 41.5 Å². The van der Waals surface area contributed by atoms with Gasteiger partial charge in [0.05, 0.1) is 0 Å². The van der Waals surface area contributed by atoms with Crippen LogP contribution in [0.2, 0.25) is 5.02 Å². The van der Waals surface area contributed by atoms with Crippen LogP contribution in [0.5, 0.6) is 5.75 Å². The summed E-state index contributed by atoms with van der Waals surface area (Å²) >= 11 is 6.04. The van der Waals surface area contributed by atoms with Gasteiger partial charge < -0.3 is 10.5 Å². The second-order valence-electron chi connectivity index (χ2n) is 8.74. The maximum atomic E-state index is 6.04. The molecule has 0 saturated carbocycles. The summed E-state index contributed by atoms with van der Waals surface area (Å²) < 4.78 is 5.84. The molecule has 162 valence electrons. The van der Waals surface area contributed by atoms with Crippen LogP contribution in [0.4, 0.5) is 0 Å². The molecule has 2 aromatic rings. The monoisotopic (exact) mass is 427 g/mol. The second-order valence-corrected chi connectivity index (χ2v) is 9.18. The molecule has 0 radical (unpaired) electrons. The fourth-order valence-electron chi connectivity index (χ4n) is 5.14. The van der Waals surface area contributed by atoms with Gasteiger partial charge in [0.1, 0.15) is 12.4 Å². The number of ether oxygens (including phenoxy) is 1. The standard InChI is InChI=1S/C25H34ClN3O/c1-18-19(2)25(30-15-12-27)11-10-23(18)24-5-3-4-22-17-28(13-14-29(22)24)16-20-6-8-21(26)9-7-20/h6-11,22,24H,3-5,12-17,27H2,1-2H3. The highest BCUT2D eigenvalue weighted by molar-refractivity contribution is 6.30. The summed E-state index contributed by atoms with van der Waals surface area (Å²) in [6, 6.07) is 13.9. The van der Waals surface area contributed by atoms with Gasteiger partial charge in [-0.3, -0.25) is 9.80 Å². The quantitative estimate of drug-likeness (QED) is 0.725. The van der Waals surface area contributed by atoms with Gasteiger partial charge in [-0.2, -0.15) is 0 Å². The zero-order chi connectivity index (χ0) is 21.1. The Kier molecular flexibility index (Phi) is 6.99. The van der Waals surface area contributed by atoms with Crippen LogP contribution in [0.15, 0.2) is 36.4 Å². The Morgan fingerprint density at radius 1 is 1.03 bits per heavy atom. The molecule has 30 heavy (non-hydrogen) atoms. The average Bonchev–Trinajstić information content (AvgIpc) is 2.76. The van der Waals surface area contributed by atoms with Crippen LogP contribution >= 0.6 is 11.6 Å². The highest BCUT2D eigenvalue weighted by atomic mass is 35.5. The lowest BCUT2D eigenvalue weighted by Gasteiger charge is -2.49. The minimum absolute atomic E-state index is 0.517. The lowest BCUT2D eigenvalue weighted by molar-refractivity contribution is 0.00617. The molecule has 4 nitrogen and oxygen atoms in total. The summed E-state index contributed by atoms with van der Waals surface area (Å²) in [6.45, 7) is 9.95. The minimum atomic E-state index is 0.517. The first-order chi connectivity index (χ1) is 14.6. The normalized spacial score (nSPS) is 22.7. The van der Waals surface area contributed by atoms with Crippen molar-refractivity contribution in [3.63, 3.8) is 0 Å². The van der Waals surface area contributed by atoms with Crippen LogP contribution in [0.25, 0.3) is 0 Å². The Morgan fingerprint density at radius 2 is 1.83 bits per heavy atom. The number of nitrogens with zero attached hydrogens (tertiary/aromatic N) is 2. The van der Waals surface area contributed by atoms with E-state index in [1.807, 2.05) is 12.1 Å². The van der Waals surface area contributed by atoms with Crippen molar-refractivity contribution in [1.82, 2.24) is 9.80 Å². The number of rotatable bonds is 6. The van der Waals surface area contributed by atoms with Gasteiger partial charge in [0.25, 0.3) is 0 Å². The molecule has 2 unspecified atom stereocenters. The van der Waals surface area contributed by atoms with Gasteiger partial charge in [0, 0.05) is 49.8 Å². The molecule has 0 amide bonds. The first kappa shape index (κ1) is 21.6. The van der Waals surface area contributed by atoms with Crippen molar-refractivity contribution in [2.75, 3.05) is 32.8 Å². The Hall–Kier alpha value is -1.59. The third-order valence-corrected chi connectivity index (χ3v) is 7.11. The molecule has 2 aromatic carbocycles. The number of halogens is 1. The van der Waals surface area contributed by atoms with E-state index in [4.69, 9.17) is 22.1 Å². The van der Waals surface area contributed by atoms with E-state index in [1.54, 1.807) is 0 Å². The van der Waals surface area contributed by atoms with E-state index in [-0.39, 0.29) is 0 Å². The molecule has 4 rings (SSSR count). The summed E-state index contributed by atoms with van der Waals surface area (Å²) in [6.07, 6.45) is 3.84. The number of hydrogen-bond donors (Lipinski definition) is 1. The molecular weight excluding hydrogens is 394 g/mol. The lowest BCUT2D eigenvalue weighted by atomic mass is 9.86. The third-order valence-electron chi connectivity index (χ3n) is 6.86. The number of fused-ring (bicyclic) bond motifs is 1. The lowest BCUT2D eigenvalue weighted by Crippen LogP contribution is -2.55. The van der Waals surface area contributed by atoms with E-state index in [2.05, 4.69) is 47.9 Å². The first-order valence-corrected chi connectivity index (χ1v) is 11.6. The minimum Gasteiger partial charge on any atom is -0.492 e. The number of hydrogen-bond acceptors (Lipinski definition) is 4. The van der Waals surface area contributed by atoms with Gasteiger partial charge in [-0.1, -0.05) is 29.8 Å². The predicted octanol–water partition coefficient (Wildman–Crippen LogP) is 4.71. The van der Waals surface area contributed by atoms with Crippen molar-refractivity contribution in [2.45, 2.75) is 51.7 Å². The maximum Gasteiger partial charge on any atom is 0.122 e. The van der Waals surface area contributed by atoms with Crippen LogP contribution in [0.3, 0.4) is 0 Å². The Labute approximate surface area is 185 Å². The first-order valence-electron chi connectivity index (χ1n) is 11.2. The molecule has 2 N–H and O–H groups in total. The summed E-state index contributed by atoms with van der Waals surface area (Å²) in [7, 11) is 0. The summed E-state index contributed by atoms with van der Waals surface area (Å²) in [5.74, 6) is 0.974. The fourth-order valence-corrected chi connectivity index (χ4v) is 5.27. The molecule has 0 bridgehead atoms. The largest absolute Gasteiger partial charge is 0.492 e. The van der Waals surface area contributed by atoms with Crippen LogP contribution in [0.1, 0.15) is 47.6 Å². The molecule has 2 aliphatic rings. The van der Waals surface area contributed by atoms with Crippen LogP contribution < -0.4 is 10.5 Å². The number of piperidine rings is 1. The summed E-state index contributed by atoms with van der Waals surface area (Å²) in [5, 5.41) is 0.809. The Morgan fingerprint density at radius 3 is 2.60 bits per heavy atom. The smallest absolute Gasteiger partial charge is 0.122 e. The van der Waals surface area contributed by atoms with Crippen molar-refractivity contribution in [3.8, 4) is 5.75 Å². The molecule has 2 heterocycles. The van der Waals surface area contributed by atoms with Crippen LogP contribution in [0, 0.1) is 13.8 Å². The zero-order valence-electron chi connectivity index (χ0n) is 18.2. The molecule has 0 aliphatic carbocycles. The van der Waals surface area contributed by atoms with Gasteiger partial charge in [0.15, 0.2) is 0 Å². The van der Waals surface area contributed by atoms with E-state index in [9.17, 15) is 0 Å². The highest BCUT2D eigenvalue weighted by Gasteiger charge is 2.36.